The number of amides is 3. The molecular weight excluding hydrogens is 399 g/mol. The minimum absolute atomic E-state index is 0.103. The number of likely N-dealkylation sites (N-methyl/N-ethyl adjacent to an activating group) is 1. The van der Waals surface area contributed by atoms with E-state index >= 15 is 0 Å². The van der Waals surface area contributed by atoms with E-state index in [-0.39, 0.29) is 36.0 Å². The third-order valence-corrected chi connectivity index (χ3v) is 4.30. The van der Waals surface area contributed by atoms with Crippen molar-refractivity contribution in [1.29, 1.82) is 0 Å². The second kappa shape index (κ2) is 8.55. The van der Waals surface area contributed by atoms with Crippen molar-refractivity contribution in [2.75, 3.05) is 37.0 Å². The third kappa shape index (κ3) is 4.69. The van der Waals surface area contributed by atoms with E-state index < -0.39 is 35.0 Å². The molecule has 10 nitrogen and oxygen atoms in total. The molecule has 2 aromatic rings. The Morgan fingerprint density at radius 1 is 1.30 bits per heavy atom. The molecule has 0 radical (unpaired) electrons. The van der Waals surface area contributed by atoms with Crippen LogP contribution in [-0.2, 0) is 14.4 Å². The molecule has 1 aliphatic rings. The van der Waals surface area contributed by atoms with Gasteiger partial charge in [0.25, 0.3) is 11.6 Å². The van der Waals surface area contributed by atoms with Crippen LogP contribution in [-0.4, -0.2) is 54.3 Å². The summed E-state index contributed by atoms with van der Waals surface area (Å²) in [4.78, 5) is 49.5. The first-order valence-corrected chi connectivity index (χ1v) is 8.75. The lowest BCUT2D eigenvalue weighted by Crippen LogP contribution is -2.47. The Morgan fingerprint density at radius 2 is 2.07 bits per heavy atom. The largest absolute Gasteiger partial charge is 0.482 e. The highest BCUT2D eigenvalue weighted by atomic mass is 19.1. The standard InChI is InChI=1S/C19H17FN4O6/c1-22(9-17(25)21-13-4-2-3-12(20)7-13)18(26)10-23-15-8-14(24(28)29)5-6-16(15)30-11-19(23)27/h2-8H,9-11H2,1H3,(H,21,25). The SMILES string of the molecule is CN(CC(=O)Nc1cccc(F)c1)C(=O)CN1C(=O)COc2ccc([N+](=O)[O-])cc21. The van der Waals surface area contributed by atoms with Gasteiger partial charge in [0.15, 0.2) is 6.61 Å². The number of hydrogen-bond acceptors (Lipinski definition) is 6. The van der Waals surface area contributed by atoms with E-state index in [9.17, 15) is 28.9 Å². The lowest BCUT2D eigenvalue weighted by Gasteiger charge is -2.30. The van der Waals surface area contributed by atoms with Crippen LogP contribution in [0.25, 0.3) is 0 Å². The molecule has 0 aromatic heterocycles. The average Bonchev–Trinajstić information content (AvgIpc) is 2.69. The van der Waals surface area contributed by atoms with Gasteiger partial charge < -0.3 is 15.0 Å². The van der Waals surface area contributed by atoms with Crippen LogP contribution in [0.3, 0.4) is 0 Å². The number of non-ortho nitro benzene ring substituents is 1. The van der Waals surface area contributed by atoms with Gasteiger partial charge in [-0.15, -0.1) is 0 Å². The van der Waals surface area contributed by atoms with Crippen LogP contribution in [0.15, 0.2) is 42.5 Å². The van der Waals surface area contributed by atoms with Crippen LogP contribution in [0.2, 0.25) is 0 Å². The summed E-state index contributed by atoms with van der Waals surface area (Å²) in [6.07, 6.45) is 0. The number of halogens is 1. The first-order valence-electron chi connectivity index (χ1n) is 8.75. The van der Waals surface area contributed by atoms with Gasteiger partial charge in [-0.25, -0.2) is 4.39 Å². The minimum Gasteiger partial charge on any atom is -0.482 e. The molecule has 30 heavy (non-hydrogen) atoms. The molecule has 3 rings (SSSR count). The van der Waals surface area contributed by atoms with Crippen molar-refractivity contribution in [1.82, 2.24) is 4.90 Å². The van der Waals surface area contributed by atoms with Crippen LogP contribution in [0.5, 0.6) is 5.75 Å². The number of nitro groups is 1. The number of nitro benzene ring substituents is 1. The molecule has 0 atom stereocenters. The van der Waals surface area contributed by atoms with E-state index in [0.717, 1.165) is 21.9 Å². The van der Waals surface area contributed by atoms with Gasteiger partial charge in [0.1, 0.15) is 18.1 Å². The molecule has 1 heterocycles. The van der Waals surface area contributed by atoms with Crippen molar-refractivity contribution in [3.63, 3.8) is 0 Å². The molecular formula is C19H17FN4O6. The highest BCUT2D eigenvalue weighted by Crippen LogP contribution is 2.35. The Balaban J connectivity index is 1.67. The van der Waals surface area contributed by atoms with Gasteiger partial charge in [-0.3, -0.25) is 29.4 Å². The normalized spacial score (nSPS) is 12.6. The van der Waals surface area contributed by atoms with Crippen LogP contribution in [0.4, 0.5) is 21.5 Å². The molecule has 1 aliphatic heterocycles. The Labute approximate surface area is 170 Å². The van der Waals surface area contributed by atoms with Crippen molar-refractivity contribution >= 4 is 34.8 Å². The number of anilines is 2. The minimum atomic E-state index is -0.623. The van der Waals surface area contributed by atoms with Crippen LogP contribution in [0, 0.1) is 15.9 Å². The van der Waals surface area contributed by atoms with Gasteiger partial charge in [0.05, 0.1) is 17.2 Å². The molecule has 0 aliphatic carbocycles. The maximum Gasteiger partial charge on any atom is 0.271 e. The van der Waals surface area contributed by atoms with Crippen molar-refractivity contribution in [3.8, 4) is 5.75 Å². The fraction of sp³-hybridized carbons (Fsp3) is 0.211. The number of fused-ring (bicyclic) bond motifs is 1. The number of hydrogen-bond donors (Lipinski definition) is 1. The molecule has 2 aromatic carbocycles. The quantitative estimate of drug-likeness (QED) is 0.563. The highest BCUT2D eigenvalue weighted by Gasteiger charge is 2.30. The second-order valence-corrected chi connectivity index (χ2v) is 6.49. The molecule has 11 heteroatoms. The number of carbonyl (C=O) groups is 3. The van der Waals surface area contributed by atoms with Gasteiger partial charge in [-0.2, -0.15) is 0 Å². The van der Waals surface area contributed by atoms with Crippen molar-refractivity contribution in [2.45, 2.75) is 0 Å². The molecule has 1 N–H and O–H groups in total. The molecule has 156 valence electrons. The number of benzene rings is 2. The van der Waals surface area contributed by atoms with Gasteiger partial charge in [-0.05, 0) is 24.3 Å². The molecule has 0 spiro atoms. The molecule has 0 saturated heterocycles. The fourth-order valence-corrected chi connectivity index (χ4v) is 2.80. The fourth-order valence-electron chi connectivity index (χ4n) is 2.80. The summed E-state index contributed by atoms with van der Waals surface area (Å²) in [5.74, 6) is -1.96. The molecule has 0 unspecified atom stereocenters. The number of nitrogens with one attached hydrogen (secondary N) is 1. The summed E-state index contributed by atoms with van der Waals surface area (Å²) in [5.41, 5.74) is 0.0872. The number of rotatable bonds is 6. The number of nitrogens with zero attached hydrogens (tertiary/aromatic N) is 3. The van der Waals surface area contributed by atoms with Gasteiger partial charge in [0.2, 0.25) is 11.8 Å². The molecule has 0 bridgehead atoms. The molecule has 3 amide bonds. The first-order chi connectivity index (χ1) is 14.2. The smallest absolute Gasteiger partial charge is 0.271 e. The Bertz CT molecular complexity index is 1030. The third-order valence-electron chi connectivity index (χ3n) is 4.30. The summed E-state index contributed by atoms with van der Waals surface area (Å²) >= 11 is 0. The number of carbonyl (C=O) groups excluding carboxylic acids is 3. The van der Waals surface area contributed by atoms with E-state index in [1.165, 1.54) is 37.4 Å². The Hall–Kier alpha value is -4.02. The Kier molecular flexibility index (Phi) is 5.90. The van der Waals surface area contributed by atoms with Gasteiger partial charge in [-0.1, -0.05) is 6.07 Å². The summed E-state index contributed by atoms with van der Waals surface area (Å²) in [6.45, 7) is -1.09. The summed E-state index contributed by atoms with van der Waals surface area (Å²) in [6, 6.07) is 9.03. The number of ether oxygens (including phenoxy) is 1. The van der Waals surface area contributed by atoms with Gasteiger partial charge >= 0.3 is 0 Å². The Morgan fingerprint density at radius 3 is 2.77 bits per heavy atom. The topological polar surface area (TPSA) is 122 Å². The zero-order valence-corrected chi connectivity index (χ0v) is 15.8. The monoisotopic (exact) mass is 416 g/mol. The van der Waals surface area contributed by atoms with E-state index in [1.54, 1.807) is 0 Å². The van der Waals surface area contributed by atoms with Crippen molar-refractivity contribution < 1.29 is 28.4 Å². The van der Waals surface area contributed by atoms with E-state index in [4.69, 9.17) is 4.74 Å². The van der Waals surface area contributed by atoms with Crippen molar-refractivity contribution in [3.05, 3.63) is 58.4 Å². The van der Waals surface area contributed by atoms with Crippen molar-refractivity contribution in [2.24, 2.45) is 0 Å². The average molecular weight is 416 g/mol. The second-order valence-electron chi connectivity index (χ2n) is 6.49. The lowest BCUT2D eigenvalue weighted by atomic mass is 10.2. The van der Waals surface area contributed by atoms with Crippen LogP contribution >= 0.6 is 0 Å². The van der Waals surface area contributed by atoms with E-state index in [2.05, 4.69) is 5.32 Å². The van der Waals surface area contributed by atoms with Crippen LogP contribution < -0.4 is 15.0 Å². The van der Waals surface area contributed by atoms with Gasteiger partial charge in [0, 0.05) is 24.9 Å². The summed E-state index contributed by atoms with van der Waals surface area (Å²) in [5, 5.41) is 13.5. The summed E-state index contributed by atoms with van der Waals surface area (Å²) < 4.78 is 18.4. The maximum absolute atomic E-state index is 13.2. The highest BCUT2D eigenvalue weighted by molar-refractivity contribution is 6.03. The molecule has 0 saturated carbocycles. The molecule has 0 fully saturated rings. The first kappa shape index (κ1) is 20.7. The lowest BCUT2D eigenvalue weighted by molar-refractivity contribution is -0.384. The predicted molar refractivity (Wildman–Crippen MR) is 104 cm³/mol. The summed E-state index contributed by atoms with van der Waals surface area (Å²) in [7, 11) is 1.37. The maximum atomic E-state index is 13.2. The van der Waals surface area contributed by atoms with E-state index in [1.807, 2.05) is 0 Å². The van der Waals surface area contributed by atoms with Crippen LogP contribution in [0.1, 0.15) is 0 Å². The van der Waals surface area contributed by atoms with E-state index in [0.29, 0.717) is 0 Å². The zero-order valence-electron chi connectivity index (χ0n) is 15.8. The zero-order chi connectivity index (χ0) is 21.8. The predicted octanol–water partition coefficient (Wildman–Crippen LogP) is 1.56.